The monoisotopic (exact) mass is 248 g/mol. The third-order valence-corrected chi connectivity index (χ3v) is 2.74. The first-order valence-electron chi connectivity index (χ1n) is 4.16. The molecule has 0 aromatic carbocycles. The number of oxazole rings is 1. The summed E-state index contributed by atoms with van der Waals surface area (Å²) in [6.45, 7) is 2.85. The molecule has 1 heterocycles. The van der Waals surface area contributed by atoms with Crippen molar-refractivity contribution in [3.8, 4) is 0 Å². The highest BCUT2D eigenvalue weighted by molar-refractivity contribution is 7.91. The van der Waals surface area contributed by atoms with Crippen LogP contribution < -0.4 is 10.9 Å². The standard InChI is InChI=1S/C7H12N4O4S/c1-7(2,13)5-10-3-4(15-5)16(9,14)11-6(8)12/h3,13H,1-2H3,(H4,8,9,11,12,14). The molecule has 9 heteroatoms. The summed E-state index contributed by atoms with van der Waals surface area (Å²) in [7, 11) is -3.54. The van der Waals surface area contributed by atoms with E-state index in [0.29, 0.717) is 0 Å². The molecule has 1 atom stereocenters. The molecule has 0 radical (unpaired) electrons. The predicted molar refractivity (Wildman–Crippen MR) is 54.4 cm³/mol. The number of carbonyl (C=O) groups is 1. The maximum Gasteiger partial charge on any atom is 0.347 e. The third-order valence-electron chi connectivity index (χ3n) is 1.52. The summed E-state index contributed by atoms with van der Waals surface area (Å²) in [4.78, 5) is 14.1. The lowest BCUT2D eigenvalue weighted by atomic mass is 10.1. The Morgan fingerprint density at radius 3 is 2.62 bits per heavy atom. The van der Waals surface area contributed by atoms with Crippen molar-refractivity contribution < 1.29 is 18.5 Å². The zero-order chi connectivity index (χ0) is 12.6. The van der Waals surface area contributed by atoms with Crippen molar-refractivity contribution in [1.29, 1.82) is 0 Å². The zero-order valence-electron chi connectivity index (χ0n) is 8.71. The highest BCUT2D eigenvalue weighted by Crippen LogP contribution is 2.21. The highest BCUT2D eigenvalue weighted by atomic mass is 32.2. The van der Waals surface area contributed by atoms with E-state index in [-0.39, 0.29) is 11.0 Å². The van der Waals surface area contributed by atoms with Crippen LogP contribution in [0.2, 0.25) is 0 Å². The first-order valence-corrected chi connectivity index (χ1v) is 5.74. The smallest absolute Gasteiger partial charge is 0.347 e. The molecule has 0 spiro atoms. The fourth-order valence-corrected chi connectivity index (χ4v) is 1.62. The van der Waals surface area contributed by atoms with Crippen LogP contribution in [-0.2, 0) is 15.5 Å². The first-order chi connectivity index (χ1) is 7.13. The second-order valence-corrected chi connectivity index (χ2v) is 5.26. The molecule has 0 aliphatic rings. The molecule has 5 N–H and O–H groups in total. The topological polar surface area (TPSA) is 145 Å². The van der Waals surface area contributed by atoms with Gasteiger partial charge in [0.05, 0.1) is 6.20 Å². The van der Waals surface area contributed by atoms with Gasteiger partial charge in [-0.2, -0.15) is 0 Å². The molecule has 8 nitrogen and oxygen atoms in total. The van der Waals surface area contributed by atoms with Crippen LogP contribution in [0.3, 0.4) is 0 Å². The average molecular weight is 248 g/mol. The van der Waals surface area contributed by atoms with E-state index in [2.05, 4.69) is 9.35 Å². The van der Waals surface area contributed by atoms with Gasteiger partial charge in [-0.15, -0.1) is 4.36 Å². The molecule has 0 aliphatic carbocycles. The van der Waals surface area contributed by atoms with E-state index in [0.717, 1.165) is 6.20 Å². The summed E-state index contributed by atoms with van der Waals surface area (Å²) in [5, 5.41) is 14.5. The van der Waals surface area contributed by atoms with Crippen molar-refractivity contribution in [2.75, 3.05) is 0 Å². The van der Waals surface area contributed by atoms with Crippen LogP contribution in [0, 0.1) is 0 Å². The molecule has 1 aromatic heterocycles. The minimum absolute atomic E-state index is 0.0830. The molecule has 1 rings (SSSR count). The van der Waals surface area contributed by atoms with E-state index < -0.39 is 21.5 Å². The van der Waals surface area contributed by atoms with Crippen LogP contribution in [0.25, 0.3) is 0 Å². The van der Waals surface area contributed by atoms with Crippen LogP contribution in [0.15, 0.2) is 20.1 Å². The summed E-state index contributed by atoms with van der Waals surface area (Å²) in [6.07, 6.45) is 1.03. The summed E-state index contributed by atoms with van der Waals surface area (Å²) in [5.41, 5.74) is 3.39. The number of aliphatic hydroxyl groups is 1. The van der Waals surface area contributed by atoms with Gasteiger partial charge >= 0.3 is 6.03 Å². The maximum absolute atomic E-state index is 11.6. The number of rotatable bonds is 2. The van der Waals surface area contributed by atoms with Gasteiger partial charge in [-0.1, -0.05) is 0 Å². The lowest BCUT2D eigenvalue weighted by molar-refractivity contribution is 0.0446. The number of carbonyl (C=O) groups excluding carboxylic acids is 1. The maximum atomic E-state index is 11.6. The van der Waals surface area contributed by atoms with E-state index in [1.165, 1.54) is 13.8 Å². The van der Waals surface area contributed by atoms with Gasteiger partial charge in [0.15, 0.2) is 9.92 Å². The fraction of sp³-hybridized carbons (Fsp3) is 0.429. The zero-order valence-corrected chi connectivity index (χ0v) is 9.52. The van der Waals surface area contributed by atoms with E-state index in [4.69, 9.17) is 15.3 Å². The van der Waals surface area contributed by atoms with Crippen LogP contribution in [0.1, 0.15) is 19.7 Å². The van der Waals surface area contributed by atoms with Gasteiger partial charge in [-0.3, -0.25) is 0 Å². The van der Waals surface area contributed by atoms with Crippen molar-refractivity contribution in [2.24, 2.45) is 15.2 Å². The SMILES string of the molecule is CC(C)(O)c1ncc(S(N)(=O)=NC(N)=O)o1. The van der Waals surface area contributed by atoms with Crippen molar-refractivity contribution in [1.82, 2.24) is 4.98 Å². The quantitative estimate of drug-likeness (QED) is 0.656. The minimum Gasteiger partial charge on any atom is -0.426 e. The summed E-state index contributed by atoms with van der Waals surface area (Å²) in [5.74, 6) is -0.0830. The Bertz CT molecular complexity index is 521. The Balaban J connectivity index is 3.23. The van der Waals surface area contributed by atoms with Gasteiger partial charge in [0.1, 0.15) is 5.60 Å². The van der Waals surface area contributed by atoms with Crippen LogP contribution >= 0.6 is 0 Å². The molecule has 1 aromatic rings. The van der Waals surface area contributed by atoms with E-state index in [1.54, 1.807) is 0 Å². The Morgan fingerprint density at radius 2 is 2.25 bits per heavy atom. The van der Waals surface area contributed by atoms with Crippen LogP contribution in [0.4, 0.5) is 4.79 Å². The third kappa shape index (κ3) is 2.78. The molecule has 0 saturated heterocycles. The van der Waals surface area contributed by atoms with Crippen molar-refractivity contribution >= 4 is 15.9 Å². The molecule has 2 amide bonds. The van der Waals surface area contributed by atoms with Crippen LogP contribution in [0.5, 0.6) is 0 Å². The summed E-state index contributed by atoms with van der Waals surface area (Å²) >= 11 is 0. The molecule has 0 bridgehead atoms. The summed E-state index contributed by atoms with van der Waals surface area (Å²) in [6, 6.07) is -1.17. The number of aromatic nitrogens is 1. The van der Waals surface area contributed by atoms with Gasteiger partial charge < -0.3 is 15.3 Å². The van der Waals surface area contributed by atoms with E-state index >= 15 is 0 Å². The lowest BCUT2D eigenvalue weighted by Gasteiger charge is -2.10. The second-order valence-electron chi connectivity index (χ2n) is 3.54. The van der Waals surface area contributed by atoms with Crippen molar-refractivity contribution in [3.63, 3.8) is 0 Å². The molecule has 1 unspecified atom stereocenters. The van der Waals surface area contributed by atoms with E-state index in [1.807, 2.05) is 0 Å². The Hall–Kier alpha value is -1.45. The number of nitrogens with two attached hydrogens (primary N) is 2. The normalized spacial score (nSPS) is 15.5. The predicted octanol–water partition coefficient (Wildman–Crippen LogP) is -0.319. The Labute approximate surface area is 92.0 Å². The number of urea groups is 1. The number of hydrogen-bond acceptors (Lipinski definition) is 5. The fourth-order valence-electron chi connectivity index (χ4n) is 0.856. The van der Waals surface area contributed by atoms with Gasteiger partial charge in [0.25, 0.3) is 0 Å². The average Bonchev–Trinajstić information content (AvgIpc) is 2.47. The van der Waals surface area contributed by atoms with Gasteiger partial charge in [-0.05, 0) is 13.8 Å². The van der Waals surface area contributed by atoms with E-state index in [9.17, 15) is 14.1 Å². The van der Waals surface area contributed by atoms with Crippen molar-refractivity contribution in [3.05, 3.63) is 12.1 Å². The lowest BCUT2D eigenvalue weighted by Crippen LogP contribution is -2.18. The number of amides is 2. The molecular formula is C7H12N4O4S. The largest absolute Gasteiger partial charge is 0.426 e. The number of primary amides is 1. The van der Waals surface area contributed by atoms with Crippen molar-refractivity contribution in [2.45, 2.75) is 24.5 Å². The van der Waals surface area contributed by atoms with Gasteiger partial charge in [-0.25, -0.2) is 19.1 Å². The van der Waals surface area contributed by atoms with Crippen LogP contribution in [-0.4, -0.2) is 20.3 Å². The summed E-state index contributed by atoms with van der Waals surface area (Å²) < 4.78 is 19.6. The first kappa shape index (κ1) is 12.6. The van der Waals surface area contributed by atoms with Gasteiger partial charge in [0, 0.05) is 0 Å². The highest BCUT2D eigenvalue weighted by Gasteiger charge is 2.25. The molecule has 16 heavy (non-hydrogen) atoms. The minimum atomic E-state index is -3.54. The molecule has 0 aliphatic heterocycles. The Morgan fingerprint density at radius 1 is 1.69 bits per heavy atom. The Kier molecular flexibility index (Phi) is 3.03. The molecular weight excluding hydrogens is 236 g/mol. The number of hydrogen-bond donors (Lipinski definition) is 3. The second kappa shape index (κ2) is 3.85. The number of nitrogens with zero attached hydrogens (tertiary/aromatic N) is 2. The molecule has 0 fully saturated rings. The van der Waals surface area contributed by atoms with Gasteiger partial charge in [0.2, 0.25) is 11.0 Å². The molecule has 90 valence electrons. The molecule has 0 saturated carbocycles.